The Bertz CT molecular complexity index is 1140. The monoisotopic (exact) mass is 388 g/mol. The topological polar surface area (TPSA) is 97.0 Å². The van der Waals surface area contributed by atoms with Gasteiger partial charge in [-0.05, 0) is 35.7 Å². The van der Waals surface area contributed by atoms with Crippen molar-refractivity contribution in [1.29, 1.82) is 0 Å². The first-order chi connectivity index (χ1) is 14.3. The highest BCUT2D eigenvalue weighted by Crippen LogP contribution is 2.32. The second-order valence-corrected chi connectivity index (χ2v) is 6.74. The average Bonchev–Trinajstić information content (AvgIpc) is 3.39. The summed E-state index contributed by atoms with van der Waals surface area (Å²) in [6.45, 7) is 1.59. The van der Waals surface area contributed by atoms with E-state index in [4.69, 9.17) is 9.47 Å². The van der Waals surface area contributed by atoms with E-state index in [2.05, 4.69) is 55.2 Å². The summed E-state index contributed by atoms with van der Waals surface area (Å²) in [6, 6.07) is 14.1. The summed E-state index contributed by atoms with van der Waals surface area (Å²) >= 11 is 0. The molecule has 0 bridgehead atoms. The van der Waals surface area contributed by atoms with Crippen LogP contribution in [0.3, 0.4) is 0 Å². The van der Waals surface area contributed by atoms with Crippen LogP contribution in [-0.4, -0.2) is 33.5 Å². The molecule has 1 aliphatic heterocycles. The van der Waals surface area contributed by atoms with Crippen LogP contribution in [0, 0.1) is 0 Å². The molecular formula is C21H20N6O2. The molecule has 146 valence electrons. The Labute approximate surface area is 167 Å². The lowest BCUT2D eigenvalue weighted by atomic mass is 10.1. The highest BCUT2D eigenvalue weighted by Gasteiger charge is 2.13. The molecule has 1 aliphatic rings. The fraction of sp³-hybridized carbons (Fsp3) is 0.190. The van der Waals surface area contributed by atoms with Crippen molar-refractivity contribution in [3.05, 3.63) is 66.0 Å². The second kappa shape index (κ2) is 7.67. The minimum absolute atomic E-state index is 0.269. The lowest BCUT2D eigenvalue weighted by Crippen LogP contribution is -2.10. The van der Waals surface area contributed by atoms with Gasteiger partial charge in [0.15, 0.2) is 17.3 Å². The minimum Gasteiger partial charge on any atom is -0.454 e. The molecule has 3 heterocycles. The molecule has 8 nitrogen and oxygen atoms in total. The number of nitrogens with zero attached hydrogens (tertiary/aromatic N) is 3. The number of H-pyrrole nitrogens is 1. The van der Waals surface area contributed by atoms with Gasteiger partial charge in [0.1, 0.15) is 0 Å². The lowest BCUT2D eigenvalue weighted by Gasteiger charge is -2.08. The molecule has 5 rings (SSSR count). The predicted molar refractivity (Wildman–Crippen MR) is 110 cm³/mol. The van der Waals surface area contributed by atoms with Crippen LogP contribution in [-0.2, 0) is 13.0 Å². The fourth-order valence-corrected chi connectivity index (χ4v) is 3.36. The molecule has 3 N–H and O–H groups in total. The van der Waals surface area contributed by atoms with E-state index in [0.717, 1.165) is 35.5 Å². The predicted octanol–water partition coefficient (Wildman–Crippen LogP) is 3.35. The zero-order chi connectivity index (χ0) is 19.5. The van der Waals surface area contributed by atoms with Crippen molar-refractivity contribution in [2.45, 2.75) is 13.0 Å². The van der Waals surface area contributed by atoms with E-state index >= 15 is 0 Å². The number of aromatic amines is 1. The first-order valence-electron chi connectivity index (χ1n) is 9.46. The third-order valence-electron chi connectivity index (χ3n) is 4.82. The van der Waals surface area contributed by atoms with Crippen molar-refractivity contribution in [3.8, 4) is 11.5 Å². The molecule has 4 aromatic rings. The van der Waals surface area contributed by atoms with Gasteiger partial charge >= 0.3 is 0 Å². The standard InChI is InChI=1S/C21H20N6O2/c1-2-4-17-16(3-1)15(11-23-17)7-8-22-20-12-25-27-21(26-20)24-10-14-5-6-18-19(9-14)29-13-28-18/h1-6,9,11-12,23H,7-8,10,13H2,(H2,22,24,26,27). The largest absolute Gasteiger partial charge is 0.454 e. The number of fused-ring (bicyclic) bond motifs is 2. The highest BCUT2D eigenvalue weighted by atomic mass is 16.7. The Morgan fingerprint density at radius 1 is 1.03 bits per heavy atom. The van der Waals surface area contributed by atoms with Crippen LogP contribution < -0.4 is 20.1 Å². The molecule has 0 aliphatic carbocycles. The van der Waals surface area contributed by atoms with Gasteiger partial charge in [0.05, 0.1) is 6.20 Å². The molecule has 0 fully saturated rings. The van der Waals surface area contributed by atoms with E-state index in [-0.39, 0.29) is 6.79 Å². The summed E-state index contributed by atoms with van der Waals surface area (Å²) in [5, 5.41) is 15.8. The lowest BCUT2D eigenvalue weighted by molar-refractivity contribution is 0.174. The third-order valence-corrected chi connectivity index (χ3v) is 4.82. The molecule has 2 aromatic heterocycles. The van der Waals surface area contributed by atoms with Gasteiger partial charge < -0.3 is 25.1 Å². The molecule has 0 radical (unpaired) electrons. The van der Waals surface area contributed by atoms with Gasteiger partial charge in [-0.15, -0.1) is 5.10 Å². The van der Waals surface area contributed by atoms with Gasteiger partial charge in [0.25, 0.3) is 0 Å². The number of anilines is 2. The normalized spacial score (nSPS) is 12.3. The molecule has 29 heavy (non-hydrogen) atoms. The van der Waals surface area contributed by atoms with Crippen molar-refractivity contribution in [2.24, 2.45) is 0 Å². The van der Waals surface area contributed by atoms with Crippen LogP contribution >= 0.6 is 0 Å². The Balaban J connectivity index is 1.17. The van der Waals surface area contributed by atoms with Crippen molar-refractivity contribution in [1.82, 2.24) is 20.2 Å². The summed E-state index contributed by atoms with van der Waals surface area (Å²) in [4.78, 5) is 7.78. The van der Waals surface area contributed by atoms with E-state index in [9.17, 15) is 0 Å². The number of ether oxygens (including phenoxy) is 2. The summed E-state index contributed by atoms with van der Waals surface area (Å²) in [6.07, 6.45) is 4.57. The van der Waals surface area contributed by atoms with Crippen molar-refractivity contribution in [3.63, 3.8) is 0 Å². The average molecular weight is 388 g/mol. The van der Waals surface area contributed by atoms with Crippen LogP contribution in [0.5, 0.6) is 11.5 Å². The summed E-state index contributed by atoms with van der Waals surface area (Å²) in [5.74, 6) is 2.69. The molecule has 0 spiro atoms. The molecule has 0 unspecified atom stereocenters. The maximum Gasteiger partial charge on any atom is 0.244 e. The Hall–Kier alpha value is -3.81. The Morgan fingerprint density at radius 3 is 2.97 bits per heavy atom. The number of aromatic nitrogens is 4. The minimum atomic E-state index is 0.269. The summed E-state index contributed by atoms with van der Waals surface area (Å²) in [5.41, 5.74) is 3.48. The van der Waals surface area contributed by atoms with Crippen LogP contribution in [0.4, 0.5) is 11.8 Å². The first kappa shape index (κ1) is 17.3. The van der Waals surface area contributed by atoms with Crippen LogP contribution in [0.1, 0.15) is 11.1 Å². The highest BCUT2D eigenvalue weighted by molar-refractivity contribution is 5.83. The Morgan fingerprint density at radius 2 is 1.97 bits per heavy atom. The number of nitrogens with one attached hydrogen (secondary N) is 3. The van der Waals surface area contributed by atoms with E-state index in [1.54, 1.807) is 6.20 Å². The fourth-order valence-electron chi connectivity index (χ4n) is 3.36. The van der Waals surface area contributed by atoms with Gasteiger partial charge in [-0.3, -0.25) is 0 Å². The molecule has 0 atom stereocenters. The van der Waals surface area contributed by atoms with Gasteiger partial charge in [0, 0.05) is 30.2 Å². The summed E-state index contributed by atoms with van der Waals surface area (Å²) in [7, 11) is 0. The van der Waals surface area contributed by atoms with E-state index in [1.807, 2.05) is 24.3 Å². The molecule has 8 heteroatoms. The number of hydrogen-bond donors (Lipinski definition) is 3. The van der Waals surface area contributed by atoms with Gasteiger partial charge in [-0.25, -0.2) is 0 Å². The molecule has 2 aromatic carbocycles. The first-order valence-corrected chi connectivity index (χ1v) is 9.46. The van der Waals surface area contributed by atoms with Crippen molar-refractivity contribution in [2.75, 3.05) is 24.0 Å². The second-order valence-electron chi connectivity index (χ2n) is 6.74. The maximum atomic E-state index is 5.41. The zero-order valence-electron chi connectivity index (χ0n) is 15.7. The summed E-state index contributed by atoms with van der Waals surface area (Å²) < 4.78 is 10.7. The Kier molecular flexibility index (Phi) is 4.57. The van der Waals surface area contributed by atoms with Crippen molar-refractivity contribution < 1.29 is 9.47 Å². The van der Waals surface area contributed by atoms with E-state index < -0.39 is 0 Å². The number of para-hydroxylation sites is 1. The quantitative estimate of drug-likeness (QED) is 0.447. The molecule has 0 saturated carbocycles. The maximum absolute atomic E-state index is 5.41. The van der Waals surface area contributed by atoms with Gasteiger partial charge in [-0.2, -0.15) is 10.1 Å². The number of hydrogen-bond acceptors (Lipinski definition) is 7. The number of benzene rings is 2. The molecule has 0 amide bonds. The van der Waals surface area contributed by atoms with Gasteiger partial charge in [0.2, 0.25) is 12.7 Å². The van der Waals surface area contributed by atoms with Gasteiger partial charge in [-0.1, -0.05) is 24.3 Å². The van der Waals surface area contributed by atoms with Crippen LogP contribution in [0.25, 0.3) is 10.9 Å². The van der Waals surface area contributed by atoms with E-state index in [1.165, 1.54) is 10.9 Å². The molecular weight excluding hydrogens is 368 g/mol. The van der Waals surface area contributed by atoms with Crippen LogP contribution in [0.2, 0.25) is 0 Å². The zero-order valence-corrected chi connectivity index (χ0v) is 15.7. The number of rotatable bonds is 7. The smallest absolute Gasteiger partial charge is 0.244 e. The van der Waals surface area contributed by atoms with E-state index in [0.29, 0.717) is 18.3 Å². The third kappa shape index (κ3) is 3.77. The van der Waals surface area contributed by atoms with Crippen molar-refractivity contribution >= 4 is 22.7 Å². The molecule has 0 saturated heterocycles. The SMILES string of the molecule is c1ccc2c(CCNc3cnnc(NCc4ccc5c(c4)OCO5)n3)c[nH]c2c1. The van der Waals surface area contributed by atoms with Crippen LogP contribution in [0.15, 0.2) is 54.9 Å².